The third-order valence-corrected chi connectivity index (χ3v) is 6.59. The standard InChI is InChI=1S/C18H34O/c1-5-6-16-15(12-19)10-9-14-8-7-13(2)18(3,4)11-17(14)16/h13-17,19H,5-12H2,1-4H3. The number of rotatable bonds is 3. The van der Waals surface area contributed by atoms with E-state index in [1.165, 1.54) is 44.9 Å². The van der Waals surface area contributed by atoms with Crippen LogP contribution in [0.25, 0.3) is 0 Å². The van der Waals surface area contributed by atoms with E-state index in [1.807, 2.05) is 0 Å². The lowest BCUT2D eigenvalue weighted by Gasteiger charge is -2.44. The van der Waals surface area contributed by atoms with Crippen molar-refractivity contribution in [1.29, 1.82) is 0 Å². The topological polar surface area (TPSA) is 20.2 Å². The van der Waals surface area contributed by atoms with E-state index >= 15 is 0 Å². The van der Waals surface area contributed by atoms with E-state index in [2.05, 4.69) is 27.7 Å². The maximum Gasteiger partial charge on any atom is 0.0462 e. The molecule has 5 atom stereocenters. The maximum atomic E-state index is 9.73. The molecular formula is C18H34O. The summed E-state index contributed by atoms with van der Waals surface area (Å²) in [6.07, 6.45) is 9.50. The molecule has 1 heteroatoms. The lowest BCUT2D eigenvalue weighted by atomic mass is 9.61. The van der Waals surface area contributed by atoms with E-state index in [0.29, 0.717) is 17.9 Å². The normalized spacial score (nSPS) is 42.5. The molecular weight excluding hydrogens is 232 g/mol. The van der Waals surface area contributed by atoms with Crippen LogP contribution in [-0.2, 0) is 0 Å². The van der Waals surface area contributed by atoms with Crippen LogP contribution < -0.4 is 0 Å². The second-order valence-corrected chi connectivity index (χ2v) is 8.07. The molecule has 0 spiro atoms. The molecule has 0 aromatic rings. The smallest absolute Gasteiger partial charge is 0.0462 e. The first-order chi connectivity index (χ1) is 8.99. The number of aliphatic hydroxyl groups excluding tert-OH is 1. The molecule has 0 aromatic carbocycles. The lowest BCUT2D eigenvalue weighted by molar-refractivity contribution is 0.0234. The van der Waals surface area contributed by atoms with E-state index in [4.69, 9.17) is 0 Å². The summed E-state index contributed by atoms with van der Waals surface area (Å²) >= 11 is 0. The van der Waals surface area contributed by atoms with Gasteiger partial charge in [-0.3, -0.25) is 0 Å². The molecule has 1 N–H and O–H groups in total. The Hall–Kier alpha value is -0.0400. The number of aliphatic hydroxyl groups is 1. The Bertz CT molecular complexity index is 283. The largest absolute Gasteiger partial charge is 0.396 e. The highest BCUT2D eigenvalue weighted by molar-refractivity contribution is 4.93. The van der Waals surface area contributed by atoms with Crippen molar-refractivity contribution in [3.05, 3.63) is 0 Å². The van der Waals surface area contributed by atoms with Crippen LogP contribution in [0.1, 0.15) is 72.6 Å². The molecule has 0 aromatic heterocycles. The van der Waals surface area contributed by atoms with Crippen LogP contribution in [-0.4, -0.2) is 11.7 Å². The summed E-state index contributed by atoms with van der Waals surface area (Å²) in [5.41, 5.74) is 0.489. The molecule has 0 heterocycles. The first kappa shape index (κ1) is 15.4. The minimum Gasteiger partial charge on any atom is -0.396 e. The Morgan fingerprint density at radius 2 is 1.79 bits per heavy atom. The Balaban J connectivity index is 2.19. The summed E-state index contributed by atoms with van der Waals surface area (Å²) in [5.74, 6) is 4.06. The number of hydrogen-bond donors (Lipinski definition) is 1. The molecule has 0 radical (unpaired) electrons. The molecule has 0 bridgehead atoms. The third kappa shape index (κ3) is 3.17. The summed E-state index contributed by atoms with van der Waals surface area (Å²) < 4.78 is 0. The van der Waals surface area contributed by atoms with Gasteiger partial charge < -0.3 is 5.11 Å². The van der Waals surface area contributed by atoms with Crippen molar-refractivity contribution in [2.45, 2.75) is 72.6 Å². The average Bonchev–Trinajstić information content (AvgIpc) is 2.48. The molecule has 0 saturated heterocycles. The quantitative estimate of drug-likeness (QED) is 0.771. The van der Waals surface area contributed by atoms with Gasteiger partial charge in [-0.2, -0.15) is 0 Å². The Kier molecular flexibility index (Phi) is 4.98. The van der Waals surface area contributed by atoms with Crippen molar-refractivity contribution in [3.8, 4) is 0 Å². The molecule has 5 unspecified atom stereocenters. The highest BCUT2D eigenvalue weighted by Gasteiger charge is 2.44. The zero-order valence-electron chi connectivity index (χ0n) is 13.5. The molecule has 19 heavy (non-hydrogen) atoms. The molecule has 2 fully saturated rings. The van der Waals surface area contributed by atoms with Crippen molar-refractivity contribution in [3.63, 3.8) is 0 Å². The van der Waals surface area contributed by atoms with Gasteiger partial charge in [0.2, 0.25) is 0 Å². The second-order valence-electron chi connectivity index (χ2n) is 8.07. The minimum absolute atomic E-state index is 0.421. The zero-order valence-corrected chi connectivity index (χ0v) is 13.5. The van der Waals surface area contributed by atoms with Gasteiger partial charge in [0.25, 0.3) is 0 Å². The van der Waals surface area contributed by atoms with Gasteiger partial charge in [-0.15, -0.1) is 0 Å². The van der Waals surface area contributed by atoms with Crippen molar-refractivity contribution in [2.24, 2.45) is 35.0 Å². The molecule has 0 aliphatic heterocycles. The van der Waals surface area contributed by atoms with Crippen molar-refractivity contribution < 1.29 is 5.11 Å². The molecule has 0 amide bonds. The SMILES string of the molecule is CCCC1C(CO)CCC2CCC(C)C(C)(C)CC21. The van der Waals surface area contributed by atoms with E-state index < -0.39 is 0 Å². The summed E-state index contributed by atoms with van der Waals surface area (Å²) in [6.45, 7) is 10.1. The summed E-state index contributed by atoms with van der Waals surface area (Å²) in [4.78, 5) is 0. The molecule has 2 rings (SSSR count). The van der Waals surface area contributed by atoms with Crippen LogP contribution in [0.3, 0.4) is 0 Å². The predicted molar refractivity (Wildman–Crippen MR) is 82.0 cm³/mol. The summed E-state index contributed by atoms with van der Waals surface area (Å²) in [7, 11) is 0. The monoisotopic (exact) mass is 266 g/mol. The van der Waals surface area contributed by atoms with Crippen LogP contribution in [0.15, 0.2) is 0 Å². The Morgan fingerprint density at radius 3 is 2.42 bits per heavy atom. The minimum atomic E-state index is 0.421. The van der Waals surface area contributed by atoms with Crippen molar-refractivity contribution in [1.82, 2.24) is 0 Å². The first-order valence-corrected chi connectivity index (χ1v) is 8.60. The van der Waals surface area contributed by atoms with Gasteiger partial charge >= 0.3 is 0 Å². The average molecular weight is 266 g/mol. The van der Waals surface area contributed by atoms with Crippen LogP contribution in [0.5, 0.6) is 0 Å². The van der Waals surface area contributed by atoms with Crippen molar-refractivity contribution >= 4 is 0 Å². The highest BCUT2D eigenvalue weighted by Crippen LogP contribution is 2.52. The predicted octanol–water partition coefficient (Wildman–Crippen LogP) is 4.88. The number of fused-ring (bicyclic) bond motifs is 1. The van der Waals surface area contributed by atoms with Crippen LogP contribution in [0, 0.1) is 35.0 Å². The van der Waals surface area contributed by atoms with Gasteiger partial charge in [0, 0.05) is 6.61 Å². The second kappa shape index (κ2) is 6.16. The molecule has 2 aliphatic carbocycles. The van der Waals surface area contributed by atoms with E-state index in [0.717, 1.165) is 23.7 Å². The first-order valence-electron chi connectivity index (χ1n) is 8.60. The molecule has 1 nitrogen and oxygen atoms in total. The lowest BCUT2D eigenvalue weighted by Crippen LogP contribution is -2.38. The summed E-state index contributed by atoms with van der Waals surface area (Å²) in [5, 5.41) is 9.73. The van der Waals surface area contributed by atoms with Gasteiger partial charge in [0.1, 0.15) is 0 Å². The van der Waals surface area contributed by atoms with Crippen LogP contribution in [0.4, 0.5) is 0 Å². The van der Waals surface area contributed by atoms with Gasteiger partial charge in [-0.25, -0.2) is 0 Å². The van der Waals surface area contributed by atoms with E-state index in [-0.39, 0.29) is 0 Å². The van der Waals surface area contributed by atoms with Gasteiger partial charge in [0.15, 0.2) is 0 Å². The van der Waals surface area contributed by atoms with Gasteiger partial charge in [-0.1, -0.05) is 40.5 Å². The highest BCUT2D eigenvalue weighted by atomic mass is 16.3. The molecule has 112 valence electrons. The maximum absolute atomic E-state index is 9.73. The fraction of sp³-hybridized carbons (Fsp3) is 1.00. The van der Waals surface area contributed by atoms with Crippen LogP contribution in [0.2, 0.25) is 0 Å². The van der Waals surface area contributed by atoms with Gasteiger partial charge in [-0.05, 0) is 67.1 Å². The fourth-order valence-electron chi connectivity index (χ4n) is 4.91. The third-order valence-electron chi connectivity index (χ3n) is 6.59. The van der Waals surface area contributed by atoms with E-state index in [1.54, 1.807) is 0 Å². The van der Waals surface area contributed by atoms with Crippen LogP contribution >= 0.6 is 0 Å². The van der Waals surface area contributed by atoms with E-state index in [9.17, 15) is 5.11 Å². The Labute approximate surface area is 120 Å². The Morgan fingerprint density at radius 1 is 1.11 bits per heavy atom. The summed E-state index contributed by atoms with van der Waals surface area (Å²) in [6, 6.07) is 0. The molecule has 2 saturated carbocycles. The molecule has 2 aliphatic rings. The van der Waals surface area contributed by atoms with Gasteiger partial charge in [0.05, 0.1) is 0 Å². The van der Waals surface area contributed by atoms with Crippen molar-refractivity contribution in [2.75, 3.05) is 6.61 Å². The fourth-order valence-corrected chi connectivity index (χ4v) is 4.91. The zero-order chi connectivity index (χ0) is 14.0. The number of hydrogen-bond acceptors (Lipinski definition) is 1.